The van der Waals surface area contributed by atoms with Gasteiger partial charge in [0.1, 0.15) is 11.5 Å². The number of rotatable bonds is 8. The Bertz CT molecular complexity index is 743. The molecule has 166 valence electrons. The van der Waals surface area contributed by atoms with E-state index < -0.39 is 0 Å². The van der Waals surface area contributed by atoms with Crippen LogP contribution in [0.15, 0.2) is 58.4 Å². The minimum atomic E-state index is 0.260. The fraction of sp³-hybridized carbons (Fsp3) is 0.520. The molecule has 3 N–H and O–H groups in total. The maximum Gasteiger partial charge on any atom is 0.123 e. The lowest BCUT2D eigenvalue weighted by Gasteiger charge is -2.48. The first kappa shape index (κ1) is 26.0. The normalized spacial score (nSPS) is 24.8. The van der Waals surface area contributed by atoms with Crippen LogP contribution in [0.3, 0.4) is 0 Å². The van der Waals surface area contributed by atoms with E-state index in [2.05, 4.69) is 80.8 Å². The summed E-state index contributed by atoms with van der Waals surface area (Å²) in [5, 5.41) is 3.44. The van der Waals surface area contributed by atoms with E-state index in [9.17, 15) is 0 Å². The largest absolute Gasteiger partial charge is 0.403 e. The first-order chi connectivity index (χ1) is 14.2. The van der Waals surface area contributed by atoms with E-state index in [0.717, 1.165) is 42.3 Å². The van der Waals surface area contributed by atoms with Gasteiger partial charge < -0.3 is 11.1 Å². The van der Waals surface area contributed by atoms with E-state index in [0.29, 0.717) is 5.92 Å². The first-order valence-electron chi connectivity index (χ1n) is 10.8. The number of nitrogens with zero attached hydrogens (tertiary/aromatic N) is 2. The molecule has 1 aromatic carbocycles. The molecule has 0 amide bonds. The second kappa shape index (κ2) is 13.3. The van der Waals surface area contributed by atoms with E-state index in [4.69, 9.17) is 17.3 Å². The summed E-state index contributed by atoms with van der Waals surface area (Å²) in [6.07, 6.45) is 5.84. The molecule has 1 aliphatic rings. The summed E-state index contributed by atoms with van der Waals surface area (Å²) in [5.74, 6) is 3.67. The van der Waals surface area contributed by atoms with Crippen LogP contribution in [0.1, 0.15) is 65.0 Å². The number of benzene rings is 1. The van der Waals surface area contributed by atoms with Gasteiger partial charge in [0.2, 0.25) is 0 Å². The van der Waals surface area contributed by atoms with Crippen molar-refractivity contribution in [3.63, 3.8) is 0 Å². The van der Waals surface area contributed by atoms with E-state index in [1.807, 2.05) is 6.92 Å². The molecule has 30 heavy (non-hydrogen) atoms. The predicted octanol–water partition coefficient (Wildman–Crippen LogP) is 6.44. The molecule has 0 radical (unpaired) electrons. The molecule has 3 unspecified atom stereocenters. The smallest absolute Gasteiger partial charge is 0.123 e. The first-order valence-corrected chi connectivity index (χ1v) is 11.2. The summed E-state index contributed by atoms with van der Waals surface area (Å²) in [6, 6.07) is 8.94. The Balaban J connectivity index is 0.000000329. The molecule has 3 atom stereocenters. The van der Waals surface area contributed by atoms with Crippen LogP contribution in [0.5, 0.6) is 0 Å². The summed E-state index contributed by atoms with van der Waals surface area (Å²) in [6.45, 7) is 17.6. The lowest BCUT2D eigenvalue weighted by molar-refractivity contribution is 0.0756. The van der Waals surface area contributed by atoms with Gasteiger partial charge in [0.05, 0.1) is 0 Å². The Hall–Kier alpha value is -2.07. The minimum absolute atomic E-state index is 0.260. The van der Waals surface area contributed by atoms with E-state index in [1.54, 1.807) is 6.20 Å². The van der Waals surface area contributed by atoms with Gasteiger partial charge in [0.25, 0.3) is 0 Å². The van der Waals surface area contributed by atoms with Gasteiger partial charge in [0, 0.05) is 24.7 Å². The molecule has 0 spiro atoms. The maximum atomic E-state index is 5.41. The van der Waals surface area contributed by atoms with Crippen molar-refractivity contribution in [3.05, 3.63) is 59.5 Å². The summed E-state index contributed by atoms with van der Waals surface area (Å²) in [7, 11) is 0. The zero-order valence-corrected chi connectivity index (χ0v) is 20.2. The highest BCUT2D eigenvalue weighted by Crippen LogP contribution is 2.51. The summed E-state index contributed by atoms with van der Waals surface area (Å²) in [4.78, 5) is 7.85. The van der Waals surface area contributed by atoms with Crippen molar-refractivity contribution in [3.8, 4) is 0 Å². The van der Waals surface area contributed by atoms with Crippen LogP contribution >= 0.6 is 11.6 Å². The Morgan fingerprint density at radius 2 is 1.93 bits per heavy atom. The van der Waals surface area contributed by atoms with Gasteiger partial charge in [-0.15, -0.1) is 0 Å². The highest BCUT2D eigenvalue weighted by molar-refractivity contribution is 6.29. The summed E-state index contributed by atoms with van der Waals surface area (Å²) >= 11 is 5.41. The zero-order chi connectivity index (χ0) is 22.7. The number of aliphatic imine (C=N–C) groups is 2. The van der Waals surface area contributed by atoms with Crippen molar-refractivity contribution in [1.82, 2.24) is 5.32 Å². The average Bonchev–Trinajstić information content (AvgIpc) is 2.73. The minimum Gasteiger partial charge on any atom is -0.403 e. The topological polar surface area (TPSA) is 62.8 Å². The summed E-state index contributed by atoms with van der Waals surface area (Å²) < 4.78 is 0. The van der Waals surface area contributed by atoms with Crippen LogP contribution < -0.4 is 11.1 Å². The molecule has 4 nitrogen and oxygen atoms in total. The van der Waals surface area contributed by atoms with Crippen LogP contribution in [0.25, 0.3) is 0 Å². The quantitative estimate of drug-likeness (QED) is 0.283. The van der Waals surface area contributed by atoms with Gasteiger partial charge in [0.15, 0.2) is 0 Å². The van der Waals surface area contributed by atoms with E-state index in [-0.39, 0.29) is 5.16 Å². The second-order valence-corrected chi connectivity index (χ2v) is 8.73. The lowest BCUT2D eigenvalue weighted by Crippen LogP contribution is -2.39. The number of nitrogens with two attached hydrogens (primary N) is 1. The molecular formula is C25H39ClN4. The highest BCUT2D eigenvalue weighted by Gasteiger charge is 2.42. The predicted molar refractivity (Wildman–Crippen MR) is 133 cm³/mol. The van der Waals surface area contributed by atoms with Gasteiger partial charge in [-0.25, -0.2) is 9.98 Å². The number of nitrogens with one attached hydrogen (secondary N) is 1. The molecular weight excluding hydrogens is 392 g/mol. The molecule has 0 aromatic heterocycles. The van der Waals surface area contributed by atoms with Crippen molar-refractivity contribution >= 4 is 23.7 Å². The molecule has 2 rings (SSSR count). The molecule has 0 heterocycles. The second-order valence-electron chi connectivity index (χ2n) is 8.29. The fourth-order valence-corrected chi connectivity index (χ4v) is 3.88. The fourth-order valence-electron chi connectivity index (χ4n) is 3.83. The summed E-state index contributed by atoms with van der Waals surface area (Å²) in [5.41, 5.74) is 9.19. The van der Waals surface area contributed by atoms with Gasteiger partial charge in [-0.1, -0.05) is 77.1 Å². The number of hydrogen-bond acceptors (Lipinski definition) is 3. The van der Waals surface area contributed by atoms with Gasteiger partial charge in [-0.05, 0) is 54.1 Å². The number of halogens is 1. The number of hydrogen-bond donors (Lipinski definition) is 2. The molecule has 0 saturated heterocycles. The van der Waals surface area contributed by atoms with Crippen molar-refractivity contribution in [2.24, 2.45) is 39.4 Å². The monoisotopic (exact) mass is 430 g/mol. The Labute approximate surface area is 188 Å². The third-order valence-electron chi connectivity index (χ3n) is 6.43. The van der Waals surface area contributed by atoms with Gasteiger partial charge in [-0.3, -0.25) is 0 Å². The van der Waals surface area contributed by atoms with Crippen molar-refractivity contribution in [1.29, 1.82) is 0 Å². The zero-order valence-electron chi connectivity index (χ0n) is 19.4. The molecule has 1 saturated carbocycles. The van der Waals surface area contributed by atoms with Crippen LogP contribution in [-0.2, 0) is 6.54 Å². The molecule has 1 aliphatic carbocycles. The SMILES string of the molecule is C=C(Cl)/N=C\N=C(C)C(C)CC.CC1C(C)C(c2cccc(CN/C=C\N)c2)C1C. The third kappa shape index (κ3) is 7.98. The Morgan fingerprint density at radius 3 is 2.50 bits per heavy atom. The molecule has 5 heteroatoms. The molecule has 1 aromatic rings. The Kier molecular flexibility index (Phi) is 11.5. The van der Waals surface area contributed by atoms with Crippen LogP contribution in [0.2, 0.25) is 0 Å². The highest BCUT2D eigenvalue weighted by atomic mass is 35.5. The van der Waals surface area contributed by atoms with Crippen molar-refractivity contribution in [2.45, 2.75) is 60.4 Å². The van der Waals surface area contributed by atoms with Crippen LogP contribution in [0, 0.1) is 23.7 Å². The Morgan fingerprint density at radius 1 is 1.27 bits per heavy atom. The van der Waals surface area contributed by atoms with Gasteiger partial charge >= 0.3 is 0 Å². The van der Waals surface area contributed by atoms with Gasteiger partial charge in [-0.2, -0.15) is 0 Å². The van der Waals surface area contributed by atoms with E-state index >= 15 is 0 Å². The molecule has 0 bridgehead atoms. The lowest BCUT2D eigenvalue weighted by atomic mass is 9.56. The average molecular weight is 431 g/mol. The van der Waals surface area contributed by atoms with Crippen molar-refractivity contribution < 1.29 is 0 Å². The maximum absolute atomic E-state index is 5.41. The van der Waals surface area contributed by atoms with Crippen molar-refractivity contribution in [2.75, 3.05) is 0 Å². The molecule has 0 aliphatic heterocycles. The van der Waals surface area contributed by atoms with Crippen LogP contribution in [0.4, 0.5) is 0 Å². The molecule has 1 fully saturated rings. The standard InChI is InChI=1S/C16H24N2.C9H15ClN2/c1-11-12(2)16(13(11)3)15-6-4-5-14(9-15)10-18-8-7-17;1-5-7(2)8(3)11-6-12-9(4)10/h4-9,11-13,16,18H,10,17H2,1-3H3;6-7H,4-5H2,1-3H3/b8-7-;11-8?,12-6-. The third-order valence-corrected chi connectivity index (χ3v) is 6.53. The van der Waals surface area contributed by atoms with E-state index in [1.165, 1.54) is 23.7 Å². The van der Waals surface area contributed by atoms with Crippen LogP contribution in [-0.4, -0.2) is 12.1 Å².